The van der Waals surface area contributed by atoms with E-state index in [4.69, 9.17) is 4.74 Å². The van der Waals surface area contributed by atoms with Gasteiger partial charge in [0, 0.05) is 16.6 Å². The van der Waals surface area contributed by atoms with Crippen molar-refractivity contribution in [3.63, 3.8) is 0 Å². The van der Waals surface area contributed by atoms with Crippen molar-refractivity contribution in [2.75, 3.05) is 7.11 Å². The number of ketones is 1. The molecule has 0 aliphatic rings. The standard InChI is InChI=1S/C12H12BrN3O2/c1-3-16-11(7-14-15-16)12(17)9-6-8(18-2)4-5-10(9)13/h4-7H,3H2,1-2H3. The van der Waals surface area contributed by atoms with E-state index in [1.807, 2.05) is 6.92 Å². The highest BCUT2D eigenvalue weighted by Gasteiger charge is 2.18. The summed E-state index contributed by atoms with van der Waals surface area (Å²) in [5.74, 6) is 0.504. The second-order valence-corrected chi connectivity index (χ2v) is 4.46. The van der Waals surface area contributed by atoms with Crippen LogP contribution >= 0.6 is 15.9 Å². The zero-order valence-electron chi connectivity index (χ0n) is 10.1. The molecular weight excluding hydrogens is 298 g/mol. The number of aryl methyl sites for hydroxylation is 1. The molecule has 6 heteroatoms. The van der Waals surface area contributed by atoms with Gasteiger partial charge in [-0.3, -0.25) is 4.79 Å². The van der Waals surface area contributed by atoms with Crippen molar-refractivity contribution in [3.8, 4) is 5.75 Å². The number of carbonyl (C=O) groups excluding carboxylic acids is 1. The number of methoxy groups -OCH3 is 1. The van der Waals surface area contributed by atoms with Crippen LogP contribution in [-0.2, 0) is 6.54 Å². The van der Waals surface area contributed by atoms with Crippen molar-refractivity contribution in [1.82, 2.24) is 15.0 Å². The molecule has 0 amide bonds. The Hall–Kier alpha value is -1.69. The molecule has 1 aromatic heterocycles. The highest BCUT2D eigenvalue weighted by molar-refractivity contribution is 9.10. The third kappa shape index (κ3) is 2.28. The summed E-state index contributed by atoms with van der Waals surface area (Å²) >= 11 is 3.37. The lowest BCUT2D eigenvalue weighted by molar-refractivity contribution is 0.102. The molecule has 0 radical (unpaired) electrons. The number of hydrogen-bond donors (Lipinski definition) is 0. The van der Waals surface area contributed by atoms with E-state index in [1.54, 1.807) is 30.0 Å². The van der Waals surface area contributed by atoms with Crippen LogP contribution in [0.2, 0.25) is 0 Å². The molecule has 1 heterocycles. The summed E-state index contributed by atoms with van der Waals surface area (Å²) in [6.07, 6.45) is 1.47. The number of nitrogens with zero attached hydrogens (tertiary/aromatic N) is 3. The molecule has 0 saturated heterocycles. The zero-order chi connectivity index (χ0) is 13.1. The fourth-order valence-electron chi connectivity index (χ4n) is 1.61. The van der Waals surface area contributed by atoms with Crippen LogP contribution in [-0.4, -0.2) is 27.9 Å². The lowest BCUT2D eigenvalue weighted by Gasteiger charge is -2.07. The van der Waals surface area contributed by atoms with Crippen molar-refractivity contribution in [1.29, 1.82) is 0 Å². The summed E-state index contributed by atoms with van der Waals surface area (Å²) in [5.41, 5.74) is 0.998. The second kappa shape index (κ2) is 5.30. The van der Waals surface area contributed by atoms with Crippen LogP contribution in [0.1, 0.15) is 23.0 Å². The predicted octanol–water partition coefficient (Wildman–Crippen LogP) is 2.30. The average molecular weight is 310 g/mol. The van der Waals surface area contributed by atoms with Gasteiger partial charge in [-0.25, -0.2) is 4.68 Å². The van der Waals surface area contributed by atoms with Crippen molar-refractivity contribution in [3.05, 3.63) is 40.1 Å². The van der Waals surface area contributed by atoms with Crippen LogP contribution in [0.25, 0.3) is 0 Å². The Labute approximate surface area is 113 Å². The Morgan fingerprint density at radius 2 is 2.28 bits per heavy atom. The Bertz CT molecular complexity index is 580. The van der Waals surface area contributed by atoms with E-state index in [9.17, 15) is 4.79 Å². The minimum atomic E-state index is -0.132. The molecule has 0 spiro atoms. The maximum atomic E-state index is 12.4. The van der Waals surface area contributed by atoms with Crippen LogP contribution in [0, 0.1) is 0 Å². The van der Waals surface area contributed by atoms with E-state index in [1.165, 1.54) is 6.20 Å². The lowest BCUT2D eigenvalue weighted by atomic mass is 10.1. The Kier molecular flexibility index (Phi) is 3.76. The van der Waals surface area contributed by atoms with Gasteiger partial charge in [-0.15, -0.1) is 5.10 Å². The topological polar surface area (TPSA) is 57.0 Å². The summed E-state index contributed by atoms with van der Waals surface area (Å²) in [7, 11) is 1.56. The van der Waals surface area contributed by atoms with E-state index < -0.39 is 0 Å². The van der Waals surface area contributed by atoms with Crippen LogP contribution in [0.4, 0.5) is 0 Å². The minimum Gasteiger partial charge on any atom is -0.497 e. The van der Waals surface area contributed by atoms with Crippen molar-refractivity contribution >= 4 is 21.7 Å². The predicted molar refractivity (Wildman–Crippen MR) is 69.8 cm³/mol. The highest BCUT2D eigenvalue weighted by atomic mass is 79.9. The number of halogens is 1. The second-order valence-electron chi connectivity index (χ2n) is 3.61. The van der Waals surface area contributed by atoms with Gasteiger partial charge in [-0.1, -0.05) is 21.1 Å². The Balaban J connectivity index is 2.45. The fraction of sp³-hybridized carbons (Fsp3) is 0.250. The molecule has 18 heavy (non-hydrogen) atoms. The molecule has 0 aliphatic carbocycles. The lowest BCUT2D eigenvalue weighted by Crippen LogP contribution is -2.11. The molecule has 0 atom stereocenters. The molecule has 0 bridgehead atoms. The number of hydrogen-bond acceptors (Lipinski definition) is 4. The summed E-state index contributed by atoms with van der Waals surface area (Å²) < 4.78 is 7.41. The summed E-state index contributed by atoms with van der Waals surface area (Å²) in [5, 5.41) is 7.61. The van der Waals surface area contributed by atoms with E-state index in [2.05, 4.69) is 26.2 Å². The zero-order valence-corrected chi connectivity index (χ0v) is 11.6. The first-order chi connectivity index (χ1) is 8.67. The molecule has 5 nitrogen and oxygen atoms in total. The molecule has 0 aliphatic heterocycles. The van der Waals surface area contributed by atoms with Gasteiger partial charge >= 0.3 is 0 Å². The van der Waals surface area contributed by atoms with E-state index in [-0.39, 0.29) is 5.78 Å². The number of aromatic nitrogens is 3. The van der Waals surface area contributed by atoms with Crippen LogP contribution < -0.4 is 4.74 Å². The quantitative estimate of drug-likeness (QED) is 0.813. The van der Waals surface area contributed by atoms with Gasteiger partial charge in [0.25, 0.3) is 0 Å². The van der Waals surface area contributed by atoms with Crippen molar-refractivity contribution in [2.45, 2.75) is 13.5 Å². The van der Waals surface area contributed by atoms with Gasteiger partial charge in [0.2, 0.25) is 5.78 Å². The smallest absolute Gasteiger partial charge is 0.213 e. The van der Waals surface area contributed by atoms with Gasteiger partial charge in [0.05, 0.1) is 13.3 Å². The molecule has 94 valence electrons. The maximum absolute atomic E-state index is 12.4. The number of ether oxygens (including phenoxy) is 1. The van der Waals surface area contributed by atoms with Gasteiger partial charge in [-0.05, 0) is 25.1 Å². The van der Waals surface area contributed by atoms with Crippen LogP contribution in [0.3, 0.4) is 0 Å². The fourth-order valence-corrected chi connectivity index (χ4v) is 2.04. The summed E-state index contributed by atoms with van der Waals surface area (Å²) in [6, 6.07) is 5.27. The number of carbonyl (C=O) groups is 1. The molecular formula is C12H12BrN3O2. The minimum absolute atomic E-state index is 0.132. The van der Waals surface area contributed by atoms with Crippen molar-refractivity contribution < 1.29 is 9.53 Å². The van der Waals surface area contributed by atoms with E-state index >= 15 is 0 Å². The van der Waals surface area contributed by atoms with Crippen LogP contribution in [0.5, 0.6) is 5.75 Å². The third-order valence-electron chi connectivity index (χ3n) is 2.57. The molecule has 2 aromatic rings. The molecule has 1 aromatic carbocycles. The van der Waals surface area contributed by atoms with Gasteiger partial charge in [-0.2, -0.15) is 0 Å². The first kappa shape index (κ1) is 12.8. The molecule has 0 saturated carbocycles. The summed E-state index contributed by atoms with van der Waals surface area (Å²) in [6.45, 7) is 2.51. The van der Waals surface area contributed by atoms with Crippen LogP contribution in [0.15, 0.2) is 28.9 Å². The molecule has 0 N–H and O–H groups in total. The SMILES string of the molecule is CCn1nncc1C(=O)c1cc(OC)ccc1Br. The molecule has 0 fully saturated rings. The first-order valence-electron chi connectivity index (χ1n) is 5.44. The number of benzene rings is 1. The van der Waals surface area contributed by atoms with E-state index in [0.29, 0.717) is 23.6 Å². The van der Waals surface area contributed by atoms with Gasteiger partial charge in [0.1, 0.15) is 11.4 Å². The van der Waals surface area contributed by atoms with Crippen molar-refractivity contribution in [2.24, 2.45) is 0 Å². The summed E-state index contributed by atoms with van der Waals surface area (Å²) in [4.78, 5) is 12.4. The Morgan fingerprint density at radius 1 is 1.50 bits per heavy atom. The third-order valence-corrected chi connectivity index (χ3v) is 3.26. The van der Waals surface area contributed by atoms with Gasteiger partial charge in [0.15, 0.2) is 0 Å². The largest absolute Gasteiger partial charge is 0.497 e. The first-order valence-corrected chi connectivity index (χ1v) is 6.23. The Morgan fingerprint density at radius 3 is 2.94 bits per heavy atom. The monoisotopic (exact) mass is 309 g/mol. The van der Waals surface area contributed by atoms with Gasteiger partial charge < -0.3 is 4.74 Å². The number of rotatable bonds is 4. The van der Waals surface area contributed by atoms with E-state index in [0.717, 1.165) is 4.47 Å². The molecule has 0 unspecified atom stereocenters. The maximum Gasteiger partial charge on any atom is 0.213 e. The molecule has 2 rings (SSSR count). The average Bonchev–Trinajstić information content (AvgIpc) is 2.86. The highest BCUT2D eigenvalue weighted by Crippen LogP contribution is 2.24. The normalized spacial score (nSPS) is 10.4.